The number of pyridine rings is 1. The van der Waals surface area contributed by atoms with Crippen LogP contribution < -0.4 is 5.32 Å². The van der Waals surface area contributed by atoms with Crippen molar-refractivity contribution >= 4 is 17.5 Å². The van der Waals surface area contributed by atoms with Crippen molar-refractivity contribution in [1.82, 2.24) is 24.6 Å². The van der Waals surface area contributed by atoms with Crippen LogP contribution in [0.5, 0.6) is 0 Å². The Morgan fingerprint density at radius 3 is 2.59 bits per heavy atom. The monoisotopic (exact) mass is 430 g/mol. The number of likely N-dealkylation sites (tertiary alicyclic amines) is 1. The average molecular weight is 431 g/mol. The third kappa shape index (κ3) is 4.12. The van der Waals surface area contributed by atoms with Gasteiger partial charge < -0.3 is 14.8 Å². The van der Waals surface area contributed by atoms with Gasteiger partial charge >= 0.3 is 0 Å². The van der Waals surface area contributed by atoms with E-state index in [9.17, 15) is 9.59 Å². The number of nitrogens with zero attached hydrogens (tertiary/aromatic N) is 5. The Bertz CT molecular complexity index is 1110. The van der Waals surface area contributed by atoms with Gasteiger partial charge in [-0.1, -0.05) is 24.3 Å². The second kappa shape index (κ2) is 8.53. The van der Waals surface area contributed by atoms with Crippen LogP contribution in [0.4, 0.5) is 5.69 Å². The first-order valence-electron chi connectivity index (χ1n) is 11.1. The van der Waals surface area contributed by atoms with Crippen LogP contribution in [0.25, 0.3) is 0 Å². The standard InChI is InChI=1S/C24H26N6O2/c31-21(16-19-8-4-5-13-25-19)29-14-11-24(17-29)10-9-20-27-28-22(30(20)15-12-24)23(32)26-18-6-2-1-3-7-18/h1-8,13H,9-12,14-17H2,(H,26,32). The highest BCUT2D eigenvalue weighted by Gasteiger charge is 2.41. The Balaban J connectivity index is 1.24. The molecule has 0 bridgehead atoms. The Morgan fingerprint density at radius 1 is 0.969 bits per heavy atom. The van der Waals surface area contributed by atoms with Crippen LogP contribution >= 0.6 is 0 Å². The van der Waals surface area contributed by atoms with Gasteiger partial charge in [0.1, 0.15) is 5.82 Å². The molecule has 1 unspecified atom stereocenters. The molecular weight excluding hydrogens is 404 g/mol. The minimum Gasteiger partial charge on any atom is -0.342 e. The molecule has 8 nitrogen and oxygen atoms in total. The average Bonchev–Trinajstić information content (AvgIpc) is 3.38. The van der Waals surface area contributed by atoms with Crippen molar-refractivity contribution in [2.24, 2.45) is 5.41 Å². The summed E-state index contributed by atoms with van der Waals surface area (Å²) in [5.41, 5.74) is 1.60. The molecule has 0 saturated carbocycles. The summed E-state index contributed by atoms with van der Waals surface area (Å²) in [5.74, 6) is 1.08. The molecule has 1 spiro atoms. The highest BCUT2D eigenvalue weighted by atomic mass is 16.2. The smallest absolute Gasteiger partial charge is 0.293 e. The van der Waals surface area contributed by atoms with Crippen molar-refractivity contribution in [2.45, 2.75) is 38.6 Å². The van der Waals surface area contributed by atoms with Gasteiger partial charge in [-0.15, -0.1) is 10.2 Å². The molecule has 5 rings (SSSR count). The zero-order valence-corrected chi connectivity index (χ0v) is 17.9. The lowest BCUT2D eigenvalue weighted by Gasteiger charge is -2.27. The number of aryl methyl sites for hydroxylation is 1. The van der Waals surface area contributed by atoms with Gasteiger partial charge in [0.15, 0.2) is 0 Å². The second-order valence-corrected chi connectivity index (χ2v) is 8.72. The normalized spacial score (nSPS) is 20.1. The number of benzene rings is 1. The number of para-hydroxylation sites is 1. The van der Waals surface area contributed by atoms with E-state index in [2.05, 4.69) is 20.5 Å². The lowest BCUT2D eigenvalue weighted by molar-refractivity contribution is -0.129. The first kappa shape index (κ1) is 20.4. The molecule has 2 aromatic heterocycles. The quantitative estimate of drug-likeness (QED) is 0.687. The van der Waals surface area contributed by atoms with Gasteiger partial charge in [-0.3, -0.25) is 14.6 Å². The van der Waals surface area contributed by atoms with Gasteiger partial charge in [0.05, 0.1) is 6.42 Å². The van der Waals surface area contributed by atoms with E-state index in [1.54, 1.807) is 6.20 Å². The third-order valence-corrected chi connectivity index (χ3v) is 6.66. The summed E-state index contributed by atoms with van der Waals surface area (Å²) in [5, 5.41) is 11.4. The summed E-state index contributed by atoms with van der Waals surface area (Å²) < 4.78 is 1.95. The molecule has 3 aromatic rings. The minimum absolute atomic E-state index is 0.0631. The molecule has 2 amide bonds. The molecule has 1 N–H and O–H groups in total. The molecule has 1 saturated heterocycles. The van der Waals surface area contributed by atoms with Crippen molar-refractivity contribution in [3.8, 4) is 0 Å². The molecule has 4 heterocycles. The molecule has 2 aliphatic heterocycles. The number of fused-ring (bicyclic) bond motifs is 1. The van der Waals surface area contributed by atoms with E-state index in [4.69, 9.17) is 0 Å². The molecular formula is C24H26N6O2. The van der Waals surface area contributed by atoms with Gasteiger partial charge in [-0.2, -0.15) is 0 Å². The van der Waals surface area contributed by atoms with E-state index in [1.807, 2.05) is 58.0 Å². The highest BCUT2D eigenvalue weighted by molar-refractivity contribution is 6.01. The fraction of sp³-hybridized carbons (Fsp3) is 0.375. The lowest BCUT2D eigenvalue weighted by Crippen LogP contribution is -2.33. The Kier molecular flexibility index (Phi) is 5.43. The highest BCUT2D eigenvalue weighted by Crippen LogP contribution is 2.41. The third-order valence-electron chi connectivity index (χ3n) is 6.66. The molecule has 1 atom stereocenters. The molecule has 1 fully saturated rings. The van der Waals surface area contributed by atoms with Crippen LogP contribution in [0.15, 0.2) is 54.7 Å². The largest absolute Gasteiger partial charge is 0.342 e. The zero-order valence-electron chi connectivity index (χ0n) is 17.9. The summed E-state index contributed by atoms with van der Waals surface area (Å²) >= 11 is 0. The van der Waals surface area contributed by atoms with Crippen LogP contribution in [-0.2, 0) is 24.2 Å². The van der Waals surface area contributed by atoms with E-state index >= 15 is 0 Å². The van der Waals surface area contributed by atoms with Crippen molar-refractivity contribution in [3.05, 3.63) is 72.1 Å². The number of amides is 2. The van der Waals surface area contributed by atoms with E-state index in [1.165, 1.54) is 0 Å². The van der Waals surface area contributed by atoms with Crippen LogP contribution in [0.1, 0.15) is 41.4 Å². The van der Waals surface area contributed by atoms with E-state index in [0.717, 1.165) is 56.0 Å². The van der Waals surface area contributed by atoms with Crippen LogP contribution in [0, 0.1) is 5.41 Å². The van der Waals surface area contributed by atoms with Gasteiger partial charge in [0.2, 0.25) is 11.7 Å². The molecule has 164 valence electrons. The number of anilines is 1. The summed E-state index contributed by atoms with van der Waals surface area (Å²) in [6.07, 6.45) is 5.64. The molecule has 1 aromatic carbocycles. The SMILES string of the molecule is O=C(Nc1ccccc1)c1nnc2n1CCC1(CC2)CCN(C(=O)Cc2ccccn2)C1. The van der Waals surface area contributed by atoms with Crippen LogP contribution in [0.3, 0.4) is 0 Å². The number of aromatic nitrogens is 4. The number of hydrogen-bond acceptors (Lipinski definition) is 5. The van der Waals surface area contributed by atoms with Crippen molar-refractivity contribution < 1.29 is 9.59 Å². The maximum Gasteiger partial charge on any atom is 0.293 e. The molecule has 0 radical (unpaired) electrons. The van der Waals surface area contributed by atoms with E-state index in [0.29, 0.717) is 18.8 Å². The second-order valence-electron chi connectivity index (χ2n) is 8.72. The Labute approximate surface area is 186 Å². The maximum absolute atomic E-state index is 12.8. The lowest BCUT2D eigenvalue weighted by atomic mass is 9.80. The fourth-order valence-electron chi connectivity index (χ4n) is 4.81. The summed E-state index contributed by atoms with van der Waals surface area (Å²) in [7, 11) is 0. The number of carbonyl (C=O) groups excluding carboxylic acids is 2. The first-order valence-corrected chi connectivity index (χ1v) is 11.1. The molecule has 32 heavy (non-hydrogen) atoms. The predicted molar refractivity (Wildman–Crippen MR) is 119 cm³/mol. The maximum atomic E-state index is 12.8. The topological polar surface area (TPSA) is 93.0 Å². The number of nitrogens with one attached hydrogen (secondary N) is 1. The summed E-state index contributed by atoms with van der Waals surface area (Å²) in [6.45, 7) is 2.21. The van der Waals surface area contributed by atoms with Gasteiger partial charge in [0.25, 0.3) is 5.91 Å². The molecule has 0 aliphatic carbocycles. The number of rotatable bonds is 4. The van der Waals surface area contributed by atoms with Crippen LogP contribution in [0.2, 0.25) is 0 Å². The molecule has 2 aliphatic rings. The van der Waals surface area contributed by atoms with Gasteiger partial charge in [0, 0.05) is 43.6 Å². The van der Waals surface area contributed by atoms with Crippen molar-refractivity contribution in [2.75, 3.05) is 18.4 Å². The Morgan fingerprint density at radius 2 is 1.78 bits per heavy atom. The van der Waals surface area contributed by atoms with Gasteiger partial charge in [-0.25, -0.2) is 0 Å². The minimum atomic E-state index is -0.246. The van der Waals surface area contributed by atoms with Crippen molar-refractivity contribution in [1.29, 1.82) is 0 Å². The number of carbonyl (C=O) groups is 2. The van der Waals surface area contributed by atoms with E-state index < -0.39 is 0 Å². The van der Waals surface area contributed by atoms with Crippen LogP contribution in [-0.4, -0.2) is 49.6 Å². The first-order chi connectivity index (χ1) is 15.6. The predicted octanol–water partition coefficient (Wildman–Crippen LogP) is 2.72. The van der Waals surface area contributed by atoms with Crippen molar-refractivity contribution in [3.63, 3.8) is 0 Å². The summed E-state index contributed by atoms with van der Waals surface area (Å²) in [6, 6.07) is 15.0. The van der Waals surface area contributed by atoms with Gasteiger partial charge in [-0.05, 0) is 48.9 Å². The number of hydrogen-bond donors (Lipinski definition) is 1. The fourth-order valence-corrected chi connectivity index (χ4v) is 4.81. The molecule has 8 heteroatoms. The summed E-state index contributed by atoms with van der Waals surface area (Å²) in [4.78, 5) is 31.9. The Hall–Kier alpha value is -3.55. The van der Waals surface area contributed by atoms with E-state index in [-0.39, 0.29) is 17.2 Å². The zero-order chi connectivity index (χ0) is 22.0.